The fourth-order valence-electron chi connectivity index (χ4n) is 1.25. The van der Waals surface area contributed by atoms with E-state index < -0.39 is 0 Å². The van der Waals surface area contributed by atoms with Gasteiger partial charge >= 0.3 is 0 Å². The molecule has 0 aliphatic rings. The maximum Gasteiger partial charge on any atom is 0.137 e. The highest BCUT2D eigenvalue weighted by Crippen LogP contribution is 2.09. The molecule has 0 saturated heterocycles. The molecule has 1 rings (SSSR count). The van der Waals surface area contributed by atoms with Gasteiger partial charge in [-0.05, 0) is 37.1 Å². The van der Waals surface area contributed by atoms with Gasteiger partial charge in [0.1, 0.15) is 5.75 Å². The van der Waals surface area contributed by atoms with Crippen molar-refractivity contribution in [1.29, 1.82) is 0 Å². The second-order valence-electron chi connectivity index (χ2n) is 3.46. The number of hydrogen-bond acceptors (Lipinski definition) is 4. The Morgan fingerprint density at radius 3 is 2.94 bits per heavy atom. The fraction of sp³-hybridized carbons (Fsp3) is 0.583. The first-order valence-corrected chi connectivity index (χ1v) is 7.03. The number of nitrogens with one attached hydrogen (secondary N) is 1. The summed E-state index contributed by atoms with van der Waals surface area (Å²) in [5, 5.41) is 3.24. The van der Waals surface area contributed by atoms with Crippen LogP contribution in [0.15, 0.2) is 18.3 Å². The summed E-state index contributed by atoms with van der Waals surface area (Å²) in [5.74, 6) is 2.01. The Morgan fingerprint density at radius 1 is 1.44 bits per heavy atom. The molecule has 4 heteroatoms. The molecule has 1 N–H and O–H groups in total. The quantitative estimate of drug-likeness (QED) is 0.707. The minimum Gasteiger partial charge on any atom is -0.492 e. The van der Waals surface area contributed by atoms with Crippen molar-refractivity contribution < 1.29 is 4.74 Å². The van der Waals surface area contributed by atoms with E-state index >= 15 is 0 Å². The summed E-state index contributed by atoms with van der Waals surface area (Å²) in [6, 6.07) is 3.99. The van der Waals surface area contributed by atoms with Crippen molar-refractivity contribution in [1.82, 2.24) is 10.3 Å². The normalized spacial score (nSPS) is 10.4. The molecule has 0 aliphatic heterocycles. The molecule has 3 nitrogen and oxygen atoms in total. The highest BCUT2D eigenvalue weighted by molar-refractivity contribution is 7.98. The van der Waals surface area contributed by atoms with E-state index in [1.165, 1.54) is 0 Å². The van der Waals surface area contributed by atoms with Crippen molar-refractivity contribution in [2.45, 2.75) is 19.9 Å². The summed E-state index contributed by atoms with van der Waals surface area (Å²) in [4.78, 5) is 4.32. The van der Waals surface area contributed by atoms with E-state index in [1.54, 1.807) is 6.20 Å². The maximum absolute atomic E-state index is 5.57. The second kappa shape index (κ2) is 8.42. The zero-order valence-corrected chi connectivity index (χ0v) is 10.8. The highest BCUT2D eigenvalue weighted by atomic mass is 32.2. The van der Waals surface area contributed by atoms with Crippen LogP contribution in [0.5, 0.6) is 5.75 Å². The first-order chi connectivity index (χ1) is 7.86. The predicted octanol–water partition coefficient (Wildman–Crippen LogP) is 2.32. The standard InChI is InChI=1S/C12H20N2OS/c1-3-13-9-11-5-6-12(10-14-11)15-7-4-8-16-2/h5-6,10,13H,3-4,7-9H2,1-2H3. The molecular formula is C12H20N2OS. The third-order valence-electron chi connectivity index (χ3n) is 2.12. The molecule has 0 atom stereocenters. The van der Waals surface area contributed by atoms with E-state index in [0.717, 1.165) is 43.3 Å². The Morgan fingerprint density at radius 2 is 2.31 bits per heavy atom. The van der Waals surface area contributed by atoms with Gasteiger partial charge in [-0.1, -0.05) is 6.92 Å². The summed E-state index contributed by atoms with van der Waals surface area (Å²) in [5.41, 5.74) is 1.05. The van der Waals surface area contributed by atoms with Crippen LogP contribution in [0.1, 0.15) is 19.0 Å². The van der Waals surface area contributed by atoms with Crippen LogP contribution in [0.2, 0.25) is 0 Å². The molecule has 1 aromatic rings. The van der Waals surface area contributed by atoms with E-state index in [-0.39, 0.29) is 0 Å². The molecule has 0 unspecified atom stereocenters. The fourth-order valence-corrected chi connectivity index (χ4v) is 1.65. The topological polar surface area (TPSA) is 34.1 Å². The summed E-state index contributed by atoms with van der Waals surface area (Å²) in [6.45, 7) is 4.65. The minimum atomic E-state index is 0.773. The van der Waals surface area contributed by atoms with Crippen LogP contribution < -0.4 is 10.1 Å². The zero-order chi connectivity index (χ0) is 11.6. The monoisotopic (exact) mass is 240 g/mol. The van der Waals surface area contributed by atoms with Gasteiger partial charge in [-0.25, -0.2) is 0 Å². The molecule has 0 aromatic carbocycles. The van der Waals surface area contributed by atoms with Crippen LogP contribution in [-0.2, 0) is 6.54 Å². The molecule has 0 aliphatic carbocycles. The molecule has 0 radical (unpaired) electrons. The van der Waals surface area contributed by atoms with Gasteiger partial charge in [0.2, 0.25) is 0 Å². The smallest absolute Gasteiger partial charge is 0.137 e. The lowest BCUT2D eigenvalue weighted by Crippen LogP contribution is -2.12. The zero-order valence-electron chi connectivity index (χ0n) is 10.0. The van der Waals surface area contributed by atoms with Gasteiger partial charge in [0.15, 0.2) is 0 Å². The number of hydrogen-bond donors (Lipinski definition) is 1. The average Bonchev–Trinajstić information content (AvgIpc) is 2.33. The van der Waals surface area contributed by atoms with Crippen molar-refractivity contribution in [3.63, 3.8) is 0 Å². The summed E-state index contributed by atoms with van der Waals surface area (Å²) < 4.78 is 5.57. The Kier molecular flexibility index (Phi) is 7.01. The van der Waals surface area contributed by atoms with E-state index in [0.29, 0.717) is 0 Å². The van der Waals surface area contributed by atoms with Crippen LogP contribution in [-0.4, -0.2) is 30.1 Å². The van der Waals surface area contributed by atoms with Crippen molar-refractivity contribution in [2.24, 2.45) is 0 Å². The average molecular weight is 240 g/mol. The molecule has 16 heavy (non-hydrogen) atoms. The van der Waals surface area contributed by atoms with E-state index in [4.69, 9.17) is 4.74 Å². The molecule has 1 heterocycles. The van der Waals surface area contributed by atoms with Crippen molar-refractivity contribution in [3.05, 3.63) is 24.0 Å². The molecule has 1 aromatic heterocycles. The van der Waals surface area contributed by atoms with Crippen LogP contribution in [0.25, 0.3) is 0 Å². The Hall–Kier alpha value is -0.740. The number of rotatable bonds is 8. The number of pyridine rings is 1. The van der Waals surface area contributed by atoms with Crippen molar-refractivity contribution >= 4 is 11.8 Å². The molecule has 90 valence electrons. The third kappa shape index (κ3) is 5.37. The number of nitrogens with zero attached hydrogens (tertiary/aromatic N) is 1. The number of ether oxygens (including phenoxy) is 1. The third-order valence-corrected chi connectivity index (χ3v) is 2.81. The van der Waals surface area contributed by atoms with Gasteiger partial charge in [-0.15, -0.1) is 0 Å². The first-order valence-electron chi connectivity index (χ1n) is 5.64. The molecule has 0 fully saturated rings. The highest BCUT2D eigenvalue weighted by Gasteiger charge is 1.96. The van der Waals surface area contributed by atoms with Gasteiger partial charge in [-0.3, -0.25) is 4.98 Å². The summed E-state index contributed by atoms with van der Waals surface area (Å²) >= 11 is 1.84. The number of aromatic nitrogens is 1. The lowest BCUT2D eigenvalue weighted by atomic mass is 10.3. The van der Waals surface area contributed by atoms with Crippen LogP contribution >= 0.6 is 11.8 Å². The van der Waals surface area contributed by atoms with Gasteiger partial charge in [0, 0.05) is 6.54 Å². The Balaban J connectivity index is 2.27. The summed E-state index contributed by atoms with van der Waals surface area (Å²) in [7, 11) is 0. The Bertz CT molecular complexity index is 277. The summed E-state index contributed by atoms with van der Waals surface area (Å²) in [6.07, 6.45) is 4.99. The molecular weight excluding hydrogens is 220 g/mol. The lowest BCUT2D eigenvalue weighted by molar-refractivity contribution is 0.317. The molecule has 0 spiro atoms. The number of thioether (sulfide) groups is 1. The van der Waals surface area contributed by atoms with Gasteiger partial charge < -0.3 is 10.1 Å². The second-order valence-corrected chi connectivity index (χ2v) is 4.45. The lowest BCUT2D eigenvalue weighted by Gasteiger charge is -2.06. The van der Waals surface area contributed by atoms with Gasteiger partial charge in [-0.2, -0.15) is 11.8 Å². The van der Waals surface area contributed by atoms with Crippen LogP contribution in [0, 0.1) is 0 Å². The Labute approximate surface area is 102 Å². The van der Waals surface area contributed by atoms with Crippen LogP contribution in [0.3, 0.4) is 0 Å². The van der Waals surface area contributed by atoms with E-state index in [9.17, 15) is 0 Å². The van der Waals surface area contributed by atoms with Crippen molar-refractivity contribution in [3.8, 4) is 5.75 Å². The molecule has 0 bridgehead atoms. The largest absolute Gasteiger partial charge is 0.492 e. The SMILES string of the molecule is CCNCc1ccc(OCCCSC)cn1. The van der Waals surface area contributed by atoms with E-state index in [1.807, 2.05) is 23.9 Å². The molecule has 0 saturated carbocycles. The first kappa shape index (κ1) is 13.3. The van der Waals surface area contributed by atoms with Gasteiger partial charge in [0.25, 0.3) is 0 Å². The van der Waals surface area contributed by atoms with Crippen LogP contribution in [0.4, 0.5) is 0 Å². The van der Waals surface area contributed by atoms with Gasteiger partial charge in [0.05, 0.1) is 18.5 Å². The minimum absolute atomic E-state index is 0.773. The maximum atomic E-state index is 5.57. The van der Waals surface area contributed by atoms with E-state index in [2.05, 4.69) is 23.5 Å². The predicted molar refractivity (Wildman–Crippen MR) is 70.1 cm³/mol. The van der Waals surface area contributed by atoms with Crippen molar-refractivity contribution in [2.75, 3.05) is 25.2 Å². The molecule has 0 amide bonds.